The van der Waals surface area contributed by atoms with E-state index in [4.69, 9.17) is 6.42 Å². The molecular weight excluding hydrogens is 356 g/mol. The van der Waals surface area contributed by atoms with Gasteiger partial charge in [-0.3, -0.25) is 0 Å². The van der Waals surface area contributed by atoms with E-state index >= 15 is 0 Å². The van der Waals surface area contributed by atoms with E-state index < -0.39 is 9.84 Å². The second-order valence-electron chi connectivity index (χ2n) is 5.88. The molecule has 7 heteroatoms. The monoisotopic (exact) mass is 374 g/mol. The summed E-state index contributed by atoms with van der Waals surface area (Å²) in [5.41, 5.74) is 1.67. The van der Waals surface area contributed by atoms with E-state index in [9.17, 15) is 13.2 Å². The normalized spacial score (nSPS) is 18.4. The Labute approximate surface area is 151 Å². The van der Waals surface area contributed by atoms with Gasteiger partial charge in [-0.25, -0.2) is 13.2 Å². The molecule has 3 rings (SSSR count). The van der Waals surface area contributed by atoms with Gasteiger partial charge in [0.05, 0.1) is 18.1 Å². The lowest BCUT2D eigenvalue weighted by Crippen LogP contribution is -2.43. The van der Waals surface area contributed by atoms with Crippen molar-refractivity contribution in [3.8, 4) is 22.8 Å². The molecule has 1 aromatic heterocycles. The van der Waals surface area contributed by atoms with Gasteiger partial charge >= 0.3 is 6.03 Å². The van der Waals surface area contributed by atoms with Gasteiger partial charge in [-0.1, -0.05) is 24.1 Å². The zero-order valence-corrected chi connectivity index (χ0v) is 15.1. The molecule has 1 fully saturated rings. The van der Waals surface area contributed by atoms with E-state index in [1.54, 1.807) is 17.4 Å². The Morgan fingerprint density at radius 2 is 2.20 bits per heavy atom. The zero-order valence-electron chi connectivity index (χ0n) is 13.5. The fourth-order valence-corrected chi connectivity index (χ4v) is 5.33. The number of terminal acetylenes is 1. The molecule has 5 nitrogen and oxygen atoms in total. The molecule has 2 heterocycles. The van der Waals surface area contributed by atoms with E-state index in [1.807, 2.05) is 35.7 Å². The van der Waals surface area contributed by atoms with Crippen LogP contribution < -0.4 is 5.32 Å². The Bertz CT molecular complexity index is 899. The van der Waals surface area contributed by atoms with Crippen LogP contribution in [0.15, 0.2) is 41.8 Å². The van der Waals surface area contributed by atoms with E-state index in [2.05, 4.69) is 11.2 Å². The molecule has 1 aromatic carbocycles. The maximum absolute atomic E-state index is 12.6. The number of rotatable bonds is 4. The lowest BCUT2D eigenvalue weighted by molar-refractivity contribution is 0.202. The minimum absolute atomic E-state index is 0.0304. The highest BCUT2D eigenvalue weighted by molar-refractivity contribution is 7.91. The average molecular weight is 374 g/mol. The number of urea groups is 1. The van der Waals surface area contributed by atoms with E-state index in [1.165, 1.54) is 4.90 Å². The van der Waals surface area contributed by atoms with Crippen LogP contribution in [0.25, 0.3) is 10.4 Å². The van der Waals surface area contributed by atoms with E-state index in [0.29, 0.717) is 12.1 Å². The van der Waals surface area contributed by atoms with Gasteiger partial charge in [0.15, 0.2) is 9.84 Å². The fraction of sp³-hybridized carbons (Fsp3) is 0.278. The Morgan fingerprint density at radius 1 is 1.36 bits per heavy atom. The number of carbonyl (C=O) groups excluding carboxylic acids is 1. The van der Waals surface area contributed by atoms with Crippen LogP contribution in [0.5, 0.6) is 0 Å². The van der Waals surface area contributed by atoms with Crippen LogP contribution in [0.4, 0.5) is 10.5 Å². The summed E-state index contributed by atoms with van der Waals surface area (Å²) in [5.74, 6) is 2.51. The van der Waals surface area contributed by atoms with Crippen molar-refractivity contribution in [2.75, 3.05) is 23.4 Å². The molecule has 0 saturated carbocycles. The van der Waals surface area contributed by atoms with Crippen molar-refractivity contribution in [2.45, 2.75) is 12.5 Å². The summed E-state index contributed by atoms with van der Waals surface area (Å²) in [4.78, 5) is 15.2. The minimum atomic E-state index is -3.09. The summed E-state index contributed by atoms with van der Waals surface area (Å²) >= 11 is 1.62. The number of benzene rings is 1. The Kier molecular flexibility index (Phi) is 5.11. The SMILES string of the molecule is C#CCN(C(=O)Nc1cccc(-c2cccs2)c1)[C@@H]1CCS(=O)(=O)C1. The van der Waals surface area contributed by atoms with Crippen LogP contribution in [0, 0.1) is 12.3 Å². The number of carbonyl (C=O) groups is 1. The number of anilines is 1. The van der Waals surface area contributed by atoms with Gasteiger partial charge in [-0.2, -0.15) is 0 Å². The second kappa shape index (κ2) is 7.30. The number of amides is 2. The molecule has 1 aliphatic rings. The Balaban J connectivity index is 1.76. The first-order chi connectivity index (χ1) is 12.0. The van der Waals surface area contributed by atoms with Crippen LogP contribution in [0.3, 0.4) is 0 Å². The van der Waals surface area contributed by atoms with E-state index in [0.717, 1.165) is 10.4 Å². The van der Waals surface area contributed by atoms with Crippen molar-refractivity contribution >= 4 is 32.9 Å². The number of hydrogen-bond acceptors (Lipinski definition) is 4. The quantitative estimate of drug-likeness (QED) is 0.837. The van der Waals surface area contributed by atoms with Gasteiger partial charge in [-0.05, 0) is 35.6 Å². The van der Waals surface area contributed by atoms with Gasteiger partial charge in [0.25, 0.3) is 0 Å². The van der Waals surface area contributed by atoms with Crippen molar-refractivity contribution < 1.29 is 13.2 Å². The summed E-state index contributed by atoms with van der Waals surface area (Å²) in [6.45, 7) is 0.0800. The Morgan fingerprint density at radius 3 is 2.84 bits per heavy atom. The molecule has 0 unspecified atom stereocenters. The number of hydrogen-bond donors (Lipinski definition) is 1. The molecule has 1 atom stereocenters. The molecule has 1 saturated heterocycles. The summed E-state index contributed by atoms with van der Waals surface area (Å²) in [6.07, 6.45) is 5.79. The maximum atomic E-state index is 12.6. The first-order valence-corrected chi connectivity index (χ1v) is 10.5. The molecule has 1 aliphatic heterocycles. The van der Waals surface area contributed by atoms with Crippen molar-refractivity contribution in [3.63, 3.8) is 0 Å². The first kappa shape index (κ1) is 17.5. The Hall–Kier alpha value is -2.30. The van der Waals surface area contributed by atoms with Gasteiger partial charge in [0.2, 0.25) is 0 Å². The zero-order chi connectivity index (χ0) is 17.9. The molecule has 0 radical (unpaired) electrons. The lowest BCUT2D eigenvalue weighted by atomic mass is 10.1. The third-order valence-corrected chi connectivity index (χ3v) is 6.76. The van der Waals surface area contributed by atoms with Crippen LogP contribution in [0.2, 0.25) is 0 Å². The van der Waals surface area contributed by atoms with Gasteiger partial charge in [0, 0.05) is 16.6 Å². The third-order valence-electron chi connectivity index (χ3n) is 4.09. The second-order valence-corrected chi connectivity index (χ2v) is 9.05. The number of thiophene rings is 1. The summed E-state index contributed by atoms with van der Waals surface area (Å²) in [5, 5.41) is 4.83. The molecule has 25 heavy (non-hydrogen) atoms. The number of sulfone groups is 1. The van der Waals surface area contributed by atoms with Gasteiger partial charge in [-0.15, -0.1) is 17.8 Å². The average Bonchev–Trinajstić information content (AvgIpc) is 3.22. The maximum Gasteiger partial charge on any atom is 0.322 e. The van der Waals surface area contributed by atoms with Gasteiger partial charge in [0.1, 0.15) is 0 Å². The number of nitrogens with one attached hydrogen (secondary N) is 1. The van der Waals surface area contributed by atoms with Crippen LogP contribution in [-0.4, -0.2) is 43.4 Å². The van der Waals surface area contributed by atoms with Crippen molar-refractivity contribution in [3.05, 3.63) is 41.8 Å². The summed E-state index contributed by atoms with van der Waals surface area (Å²) < 4.78 is 23.4. The molecule has 2 aromatic rings. The van der Waals surface area contributed by atoms with Crippen LogP contribution in [-0.2, 0) is 9.84 Å². The molecular formula is C18H18N2O3S2. The smallest absolute Gasteiger partial charge is 0.309 e. The summed E-state index contributed by atoms with van der Waals surface area (Å²) in [6, 6.07) is 10.8. The molecule has 0 bridgehead atoms. The van der Waals surface area contributed by atoms with Crippen LogP contribution >= 0.6 is 11.3 Å². The third kappa shape index (κ3) is 4.21. The topological polar surface area (TPSA) is 66.5 Å². The highest BCUT2D eigenvalue weighted by Gasteiger charge is 2.34. The number of nitrogens with zero attached hydrogens (tertiary/aromatic N) is 1. The highest BCUT2D eigenvalue weighted by Crippen LogP contribution is 2.27. The lowest BCUT2D eigenvalue weighted by Gasteiger charge is -2.26. The molecule has 1 N–H and O–H groups in total. The molecule has 2 amide bonds. The largest absolute Gasteiger partial charge is 0.322 e. The molecule has 130 valence electrons. The summed E-state index contributed by atoms with van der Waals surface area (Å²) in [7, 11) is -3.09. The minimum Gasteiger partial charge on any atom is -0.309 e. The van der Waals surface area contributed by atoms with Crippen LogP contribution in [0.1, 0.15) is 6.42 Å². The standard InChI is InChI=1S/C18H18N2O3S2/c1-2-9-20(16-8-11-25(22,23)13-16)18(21)19-15-6-3-5-14(12-15)17-7-4-10-24-17/h1,3-7,10,12,16H,8-9,11,13H2,(H,19,21)/t16-/m1/s1. The molecule has 0 aliphatic carbocycles. The van der Waals surface area contributed by atoms with E-state index in [-0.39, 0.29) is 30.1 Å². The fourth-order valence-electron chi connectivity index (χ4n) is 2.87. The van der Waals surface area contributed by atoms with Crippen molar-refractivity contribution in [1.82, 2.24) is 4.90 Å². The van der Waals surface area contributed by atoms with Gasteiger partial charge < -0.3 is 10.2 Å². The highest BCUT2D eigenvalue weighted by atomic mass is 32.2. The van der Waals surface area contributed by atoms with Crippen molar-refractivity contribution in [2.24, 2.45) is 0 Å². The van der Waals surface area contributed by atoms with Crippen molar-refractivity contribution in [1.29, 1.82) is 0 Å². The predicted octanol–water partition coefficient (Wildman–Crippen LogP) is 3.07. The predicted molar refractivity (Wildman–Crippen MR) is 101 cm³/mol. The molecule has 0 spiro atoms. The first-order valence-electron chi connectivity index (χ1n) is 7.84.